The number of carboxylic acid groups (broad SMARTS) is 1. The van der Waals surface area contributed by atoms with E-state index in [1.54, 1.807) is 6.20 Å². The first-order valence-corrected chi connectivity index (χ1v) is 10.3. The number of carbonyl (C=O) groups is 2. The second-order valence-electron chi connectivity index (χ2n) is 8.17. The number of likely N-dealkylation sites (tertiary alicyclic amines) is 1. The van der Waals surface area contributed by atoms with Gasteiger partial charge in [0.25, 0.3) is 0 Å². The van der Waals surface area contributed by atoms with E-state index in [9.17, 15) is 9.59 Å². The fourth-order valence-electron chi connectivity index (χ4n) is 4.47. The van der Waals surface area contributed by atoms with Crippen LogP contribution in [0.4, 0.5) is 0 Å². The zero-order valence-electron chi connectivity index (χ0n) is 17.1. The van der Waals surface area contributed by atoms with Crippen LogP contribution in [-0.4, -0.2) is 93.8 Å². The number of amides is 1. The summed E-state index contributed by atoms with van der Waals surface area (Å²) < 4.78 is 1.86. The van der Waals surface area contributed by atoms with Crippen LogP contribution in [0.15, 0.2) is 12.3 Å². The SMILES string of the molecule is Cc1ccnn1CCC(=O)N1CC[C@H](N2CCN(C)CC2)[C@H](CCC(=O)O)C1. The molecule has 28 heavy (non-hydrogen) atoms. The molecule has 156 valence electrons. The highest BCUT2D eigenvalue weighted by molar-refractivity contribution is 5.76. The lowest BCUT2D eigenvalue weighted by Gasteiger charge is -2.46. The zero-order chi connectivity index (χ0) is 20.1. The van der Waals surface area contributed by atoms with E-state index < -0.39 is 5.97 Å². The Morgan fingerprint density at radius 3 is 2.57 bits per heavy atom. The number of carbonyl (C=O) groups excluding carboxylic acids is 1. The van der Waals surface area contributed by atoms with Gasteiger partial charge in [-0.2, -0.15) is 5.10 Å². The van der Waals surface area contributed by atoms with Crippen molar-refractivity contribution in [1.29, 1.82) is 0 Å². The molecule has 8 heteroatoms. The van der Waals surface area contributed by atoms with E-state index >= 15 is 0 Å². The van der Waals surface area contributed by atoms with Crippen LogP contribution in [0.1, 0.15) is 31.4 Å². The third-order valence-corrected chi connectivity index (χ3v) is 6.25. The summed E-state index contributed by atoms with van der Waals surface area (Å²) in [6.45, 7) is 8.16. The van der Waals surface area contributed by atoms with Crippen molar-refractivity contribution in [2.45, 2.75) is 45.2 Å². The van der Waals surface area contributed by atoms with Gasteiger partial charge in [-0.05, 0) is 38.8 Å². The van der Waals surface area contributed by atoms with Crippen molar-refractivity contribution in [3.8, 4) is 0 Å². The second-order valence-corrected chi connectivity index (χ2v) is 8.17. The van der Waals surface area contributed by atoms with Crippen LogP contribution < -0.4 is 0 Å². The number of aliphatic carboxylic acids is 1. The maximum absolute atomic E-state index is 12.8. The lowest BCUT2D eigenvalue weighted by molar-refractivity contribution is -0.138. The lowest BCUT2D eigenvalue weighted by Crippen LogP contribution is -2.57. The van der Waals surface area contributed by atoms with Crippen molar-refractivity contribution >= 4 is 11.9 Å². The summed E-state index contributed by atoms with van der Waals surface area (Å²) in [6, 6.07) is 2.32. The highest BCUT2D eigenvalue weighted by Crippen LogP contribution is 2.27. The molecule has 1 aromatic heterocycles. The number of piperidine rings is 1. The lowest BCUT2D eigenvalue weighted by atomic mass is 9.86. The number of aryl methyl sites for hydroxylation is 2. The Balaban J connectivity index is 1.58. The Morgan fingerprint density at radius 2 is 1.93 bits per heavy atom. The molecule has 1 aromatic rings. The number of nitrogens with zero attached hydrogens (tertiary/aromatic N) is 5. The first-order valence-electron chi connectivity index (χ1n) is 10.3. The number of likely N-dealkylation sites (N-methyl/N-ethyl adjacent to an activating group) is 1. The maximum atomic E-state index is 12.8. The van der Waals surface area contributed by atoms with Gasteiger partial charge in [-0.25, -0.2) is 0 Å². The Morgan fingerprint density at radius 1 is 1.18 bits per heavy atom. The number of rotatable bonds is 7. The van der Waals surface area contributed by atoms with E-state index in [0.717, 1.165) is 44.8 Å². The summed E-state index contributed by atoms with van der Waals surface area (Å²) in [6.07, 6.45) is 3.93. The van der Waals surface area contributed by atoms with Gasteiger partial charge >= 0.3 is 5.97 Å². The second kappa shape index (κ2) is 9.52. The molecular formula is C20H33N5O3. The zero-order valence-corrected chi connectivity index (χ0v) is 17.1. The first-order chi connectivity index (χ1) is 13.4. The highest BCUT2D eigenvalue weighted by atomic mass is 16.4. The summed E-state index contributed by atoms with van der Waals surface area (Å²) >= 11 is 0. The minimum atomic E-state index is -0.755. The Bertz CT molecular complexity index is 669. The van der Waals surface area contributed by atoms with Crippen LogP contribution in [0, 0.1) is 12.8 Å². The topological polar surface area (TPSA) is 81.9 Å². The van der Waals surface area contributed by atoms with Gasteiger partial charge in [0.1, 0.15) is 0 Å². The average molecular weight is 392 g/mol. The standard InChI is InChI=1S/C20H33N5O3/c1-16-5-8-21-25(16)10-7-19(26)24-9-6-18(17(15-24)3-4-20(27)28)23-13-11-22(2)12-14-23/h5,8,17-18H,3-4,6-7,9-15H2,1-2H3,(H,27,28)/t17-,18+/m1/s1. The van der Waals surface area contributed by atoms with E-state index in [2.05, 4.69) is 21.9 Å². The molecule has 0 unspecified atom stereocenters. The van der Waals surface area contributed by atoms with Gasteiger partial charge in [-0.15, -0.1) is 0 Å². The predicted octanol–water partition coefficient (Wildman–Crippen LogP) is 0.911. The van der Waals surface area contributed by atoms with Crippen LogP contribution in [0.2, 0.25) is 0 Å². The monoisotopic (exact) mass is 391 g/mol. The molecule has 0 spiro atoms. The van der Waals surface area contributed by atoms with Crippen LogP contribution >= 0.6 is 0 Å². The first kappa shape index (κ1) is 20.8. The molecule has 0 aliphatic carbocycles. The van der Waals surface area contributed by atoms with E-state index in [4.69, 9.17) is 5.11 Å². The number of carboxylic acids is 1. The van der Waals surface area contributed by atoms with Gasteiger partial charge in [0.05, 0.1) is 0 Å². The molecule has 0 bridgehead atoms. The van der Waals surface area contributed by atoms with Crippen molar-refractivity contribution in [3.63, 3.8) is 0 Å². The highest BCUT2D eigenvalue weighted by Gasteiger charge is 2.35. The average Bonchev–Trinajstić information content (AvgIpc) is 3.09. The Labute approximate surface area is 167 Å². The van der Waals surface area contributed by atoms with Crippen molar-refractivity contribution in [3.05, 3.63) is 18.0 Å². The number of hydrogen-bond acceptors (Lipinski definition) is 5. The molecule has 0 aromatic carbocycles. The third kappa shape index (κ3) is 5.32. The van der Waals surface area contributed by atoms with Gasteiger partial charge in [0.2, 0.25) is 5.91 Å². The molecule has 3 heterocycles. The molecule has 0 radical (unpaired) electrons. The van der Waals surface area contributed by atoms with E-state index in [1.807, 2.05) is 22.6 Å². The molecule has 2 aliphatic rings. The van der Waals surface area contributed by atoms with Crippen molar-refractivity contribution in [2.75, 3.05) is 46.3 Å². The molecular weight excluding hydrogens is 358 g/mol. The third-order valence-electron chi connectivity index (χ3n) is 6.25. The normalized spacial score (nSPS) is 24.4. The fraction of sp³-hybridized carbons (Fsp3) is 0.750. The largest absolute Gasteiger partial charge is 0.481 e. The van der Waals surface area contributed by atoms with Gasteiger partial charge in [-0.3, -0.25) is 19.2 Å². The van der Waals surface area contributed by atoms with E-state index in [1.165, 1.54) is 0 Å². The summed E-state index contributed by atoms with van der Waals surface area (Å²) in [7, 11) is 2.14. The number of aromatic nitrogens is 2. The van der Waals surface area contributed by atoms with Gasteiger partial charge < -0.3 is 14.9 Å². The Kier molecular flexibility index (Phi) is 7.07. The molecule has 8 nitrogen and oxygen atoms in total. The van der Waals surface area contributed by atoms with E-state index in [-0.39, 0.29) is 18.2 Å². The van der Waals surface area contributed by atoms with Crippen molar-refractivity contribution in [1.82, 2.24) is 24.5 Å². The molecule has 0 saturated carbocycles. The fourth-order valence-corrected chi connectivity index (χ4v) is 4.47. The van der Waals surface area contributed by atoms with Crippen LogP contribution in [0.3, 0.4) is 0 Å². The smallest absolute Gasteiger partial charge is 0.303 e. The van der Waals surface area contributed by atoms with Gasteiger partial charge in [0, 0.05) is 76.6 Å². The molecule has 2 atom stereocenters. The number of hydrogen-bond donors (Lipinski definition) is 1. The Hall–Kier alpha value is -1.93. The summed E-state index contributed by atoms with van der Waals surface area (Å²) in [4.78, 5) is 30.7. The molecule has 3 rings (SSSR count). The molecule has 1 N–H and O–H groups in total. The summed E-state index contributed by atoms with van der Waals surface area (Å²) in [5.41, 5.74) is 1.06. The predicted molar refractivity (Wildman–Crippen MR) is 106 cm³/mol. The molecule has 1 amide bonds. The van der Waals surface area contributed by atoms with Crippen LogP contribution in [0.5, 0.6) is 0 Å². The van der Waals surface area contributed by atoms with Crippen molar-refractivity contribution < 1.29 is 14.7 Å². The van der Waals surface area contributed by atoms with Crippen LogP contribution in [0.25, 0.3) is 0 Å². The maximum Gasteiger partial charge on any atom is 0.303 e. The van der Waals surface area contributed by atoms with Crippen molar-refractivity contribution in [2.24, 2.45) is 5.92 Å². The quantitative estimate of drug-likeness (QED) is 0.744. The van der Waals surface area contributed by atoms with E-state index in [0.29, 0.717) is 32.0 Å². The molecule has 2 aliphatic heterocycles. The molecule has 2 saturated heterocycles. The minimum absolute atomic E-state index is 0.145. The minimum Gasteiger partial charge on any atom is -0.481 e. The van der Waals surface area contributed by atoms with Gasteiger partial charge in [0.15, 0.2) is 0 Å². The molecule has 2 fully saturated rings. The summed E-state index contributed by atoms with van der Waals surface area (Å²) in [5, 5.41) is 13.4. The van der Waals surface area contributed by atoms with Gasteiger partial charge in [-0.1, -0.05) is 0 Å². The number of piperazine rings is 1. The summed E-state index contributed by atoms with van der Waals surface area (Å²) in [5.74, 6) is -0.384. The van der Waals surface area contributed by atoms with Crippen LogP contribution in [-0.2, 0) is 16.1 Å².